The van der Waals surface area contributed by atoms with Crippen molar-refractivity contribution in [1.29, 1.82) is 0 Å². The SMILES string of the molecule is Cc1ccccc1-c1noc(CSc2nnc(-c3cccnc3)n2-c2ccc(Cl)c(Cl)c2)n1. The predicted molar refractivity (Wildman–Crippen MR) is 129 cm³/mol. The molecule has 7 nitrogen and oxygen atoms in total. The monoisotopic (exact) mass is 494 g/mol. The number of aromatic nitrogens is 6. The molecule has 0 N–H and O–H groups in total. The molecule has 3 aromatic heterocycles. The normalized spacial score (nSPS) is 11.1. The van der Waals surface area contributed by atoms with Crippen LogP contribution in [0.5, 0.6) is 0 Å². The fourth-order valence-corrected chi connectivity index (χ4v) is 4.36. The largest absolute Gasteiger partial charge is 0.338 e. The molecular formula is C23H16Cl2N6OS. The number of pyridine rings is 1. The number of benzene rings is 2. The molecule has 0 atom stereocenters. The lowest BCUT2D eigenvalue weighted by Gasteiger charge is -2.10. The van der Waals surface area contributed by atoms with Gasteiger partial charge in [0, 0.05) is 23.5 Å². The molecule has 0 amide bonds. The number of aryl methyl sites for hydroxylation is 1. The van der Waals surface area contributed by atoms with Crippen molar-refractivity contribution >= 4 is 35.0 Å². The summed E-state index contributed by atoms with van der Waals surface area (Å²) in [5.41, 5.74) is 3.62. The van der Waals surface area contributed by atoms with E-state index in [1.165, 1.54) is 11.8 Å². The summed E-state index contributed by atoms with van der Waals surface area (Å²) in [5, 5.41) is 14.5. The third-order valence-electron chi connectivity index (χ3n) is 4.89. The van der Waals surface area contributed by atoms with Crippen LogP contribution in [0.1, 0.15) is 11.5 Å². The van der Waals surface area contributed by atoms with Crippen molar-refractivity contribution in [2.45, 2.75) is 17.8 Å². The number of halogens is 2. The van der Waals surface area contributed by atoms with Crippen molar-refractivity contribution in [3.8, 4) is 28.5 Å². The van der Waals surface area contributed by atoms with Gasteiger partial charge in [0.1, 0.15) is 0 Å². The van der Waals surface area contributed by atoms with Gasteiger partial charge in [-0.3, -0.25) is 9.55 Å². The van der Waals surface area contributed by atoms with Gasteiger partial charge < -0.3 is 4.52 Å². The number of hydrogen-bond acceptors (Lipinski definition) is 7. The highest BCUT2D eigenvalue weighted by molar-refractivity contribution is 7.98. The Labute approximate surface area is 203 Å². The third-order valence-corrected chi connectivity index (χ3v) is 6.55. The van der Waals surface area contributed by atoms with Crippen LogP contribution in [0.3, 0.4) is 0 Å². The van der Waals surface area contributed by atoms with Crippen LogP contribution in [0.15, 0.2) is 76.7 Å². The summed E-state index contributed by atoms with van der Waals surface area (Å²) in [6, 6.07) is 17.1. The Morgan fingerprint density at radius 1 is 1.00 bits per heavy atom. The third kappa shape index (κ3) is 4.50. The van der Waals surface area contributed by atoms with Crippen molar-refractivity contribution in [2.24, 2.45) is 0 Å². The molecule has 5 aromatic rings. The maximum absolute atomic E-state index is 6.29. The molecule has 0 radical (unpaired) electrons. The summed E-state index contributed by atoms with van der Waals surface area (Å²) in [6.45, 7) is 2.01. The smallest absolute Gasteiger partial charge is 0.237 e. The average Bonchev–Trinajstić information content (AvgIpc) is 3.48. The van der Waals surface area contributed by atoms with E-state index >= 15 is 0 Å². The van der Waals surface area contributed by atoms with Gasteiger partial charge in [-0.1, -0.05) is 64.4 Å². The molecule has 0 saturated heterocycles. The second-order valence-corrected chi connectivity index (χ2v) is 8.85. The highest BCUT2D eigenvalue weighted by Gasteiger charge is 2.19. The van der Waals surface area contributed by atoms with Crippen LogP contribution in [0, 0.1) is 6.92 Å². The van der Waals surface area contributed by atoms with E-state index in [9.17, 15) is 0 Å². The first kappa shape index (κ1) is 21.6. The Kier molecular flexibility index (Phi) is 6.13. The summed E-state index contributed by atoms with van der Waals surface area (Å²) >= 11 is 13.8. The van der Waals surface area contributed by atoms with Crippen molar-refractivity contribution in [3.63, 3.8) is 0 Å². The van der Waals surface area contributed by atoms with Crippen LogP contribution in [0.25, 0.3) is 28.5 Å². The minimum absolute atomic E-state index is 0.422. The molecule has 0 spiro atoms. The second-order valence-electron chi connectivity index (χ2n) is 7.10. The standard InChI is InChI=1S/C23H16Cl2N6OS/c1-14-5-2-3-7-17(14)21-27-20(32-30-21)13-33-23-29-28-22(15-6-4-10-26-12-15)31(23)16-8-9-18(24)19(25)11-16/h2-12H,13H2,1H3. The molecule has 5 rings (SSSR count). The van der Waals surface area contributed by atoms with E-state index in [0.717, 1.165) is 22.4 Å². The van der Waals surface area contributed by atoms with Crippen LogP contribution in [-0.2, 0) is 5.75 Å². The van der Waals surface area contributed by atoms with Gasteiger partial charge in [-0.2, -0.15) is 4.98 Å². The van der Waals surface area contributed by atoms with Crippen LogP contribution >= 0.6 is 35.0 Å². The van der Waals surface area contributed by atoms with E-state index in [1.807, 2.05) is 54.0 Å². The van der Waals surface area contributed by atoms with E-state index < -0.39 is 0 Å². The average molecular weight is 495 g/mol. The molecule has 2 aromatic carbocycles. The minimum Gasteiger partial charge on any atom is -0.338 e. The van der Waals surface area contributed by atoms with E-state index in [-0.39, 0.29) is 0 Å². The summed E-state index contributed by atoms with van der Waals surface area (Å²) in [7, 11) is 0. The quantitative estimate of drug-likeness (QED) is 0.256. The molecule has 3 heterocycles. The molecule has 0 aliphatic rings. The summed E-state index contributed by atoms with van der Waals surface area (Å²) < 4.78 is 7.38. The van der Waals surface area contributed by atoms with Gasteiger partial charge in [0.2, 0.25) is 11.7 Å². The maximum atomic E-state index is 6.29. The Hall–Kier alpha value is -3.20. The number of hydrogen-bond donors (Lipinski definition) is 0. The highest BCUT2D eigenvalue weighted by atomic mass is 35.5. The lowest BCUT2D eigenvalue weighted by Crippen LogP contribution is -2.00. The van der Waals surface area contributed by atoms with Gasteiger partial charge >= 0.3 is 0 Å². The van der Waals surface area contributed by atoms with Crippen molar-refractivity contribution in [3.05, 3.63) is 88.5 Å². The Bertz CT molecular complexity index is 1420. The van der Waals surface area contributed by atoms with Gasteiger partial charge in [0.25, 0.3) is 0 Å². The highest BCUT2D eigenvalue weighted by Crippen LogP contribution is 2.32. The van der Waals surface area contributed by atoms with Gasteiger partial charge in [0.15, 0.2) is 11.0 Å². The van der Waals surface area contributed by atoms with Crippen LogP contribution in [-0.4, -0.2) is 29.9 Å². The summed E-state index contributed by atoms with van der Waals surface area (Å²) in [5.74, 6) is 2.11. The fraction of sp³-hybridized carbons (Fsp3) is 0.0870. The zero-order chi connectivity index (χ0) is 22.8. The Balaban J connectivity index is 1.47. The number of thioether (sulfide) groups is 1. The van der Waals surface area contributed by atoms with E-state index in [1.54, 1.807) is 24.5 Å². The van der Waals surface area contributed by atoms with Gasteiger partial charge in [-0.15, -0.1) is 10.2 Å². The molecule has 0 fully saturated rings. The lowest BCUT2D eigenvalue weighted by molar-refractivity contribution is 0.391. The first-order valence-electron chi connectivity index (χ1n) is 9.93. The molecule has 0 saturated carbocycles. The maximum Gasteiger partial charge on any atom is 0.237 e. The van der Waals surface area contributed by atoms with Crippen molar-refractivity contribution in [2.75, 3.05) is 0 Å². The van der Waals surface area contributed by atoms with E-state index in [4.69, 9.17) is 27.7 Å². The Morgan fingerprint density at radius 3 is 2.67 bits per heavy atom. The summed E-state index contributed by atoms with van der Waals surface area (Å²) in [6.07, 6.45) is 3.44. The topological polar surface area (TPSA) is 82.5 Å². The van der Waals surface area contributed by atoms with Crippen LogP contribution in [0.2, 0.25) is 10.0 Å². The van der Waals surface area contributed by atoms with Crippen molar-refractivity contribution in [1.82, 2.24) is 29.9 Å². The first-order valence-corrected chi connectivity index (χ1v) is 11.7. The van der Waals surface area contributed by atoms with E-state index in [2.05, 4.69) is 25.3 Å². The second kappa shape index (κ2) is 9.35. The molecule has 0 bridgehead atoms. The van der Waals surface area contributed by atoms with Gasteiger partial charge in [0.05, 0.1) is 21.5 Å². The van der Waals surface area contributed by atoms with Crippen molar-refractivity contribution < 1.29 is 4.52 Å². The molecule has 164 valence electrons. The minimum atomic E-state index is 0.422. The molecule has 33 heavy (non-hydrogen) atoms. The van der Waals surface area contributed by atoms with Gasteiger partial charge in [-0.05, 0) is 42.8 Å². The van der Waals surface area contributed by atoms with E-state index in [0.29, 0.717) is 38.5 Å². The molecular weight excluding hydrogens is 479 g/mol. The van der Waals surface area contributed by atoms with Gasteiger partial charge in [-0.25, -0.2) is 0 Å². The molecule has 0 aliphatic heterocycles. The van der Waals surface area contributed by atoms with Crippen LogP contribution < -0.4 is 0 Å². The number of nitrogens with zero attached hydrogens (tertiary/aromatic N) is 6. The summed E-state index contributed by atoms with van der Waals surface area (Å²) in [4.78, 5) is 8.75. The fourth-order valence-electron chi connectivity index (χ4n) is 3.28. The molecule has 0 aliphatic carbocycles. The lowest BCUT2D eigenvalue weighted by atomic mass is 10.1. The van der Waals surface area contributed by atoms with Crippen LogP contribution in [0.4, 0.5) is 0 Å². The molecule has 0 unspecified atom stereocenters. The Morgan fingerprint density at radius 2 is 1.88 bits per heavy atom. The first-order chi connectivity index (χ1) is 16.1. The zero-order valence-corrected chi connectivity index (χ0v) is 19.6. The molecule has 10 heteroatoms. The zero-order valence-electron chi connectivity index (χ0n) is 17.3. The predicted octanol–water partition coefficient (Wildman–Crippen LogP) is 6.29. The number of rotatable bonds is 6.